The van der Waals surface area contributed by atoms with E-state index in [2.05, 4.69) is 32.9 Å². The number of anilines is 1. The average molecular weight is 434 g/mol. The van der Waals surface area contributed by atoms with E-state index in [0.717, 1.165) is 28.9 Å². The number of ketones is 1. The van der Waals surface area contributed by atoms with Crippen molar-refractivity contribution < 1.29 is 19.1 Å². The summed E-state index contributed by atoms with van der Waals surface area (Å²) < 4.78 is 11.0. The zero-order valence-electron chi connectivity index (χ0n) is 19.5. The molecule has 0 unspecified atom stereocenters. The van der Waals surface area contributed by atoms with Gasteiger partial charge in [-0.25, -0.2) is 0 Å². The minimum Gasteiger partial charge on any atom is -0.497 e. The van der Waals surface area contributed by atoms with E-state index < -0.39 is 0 Å². The lowest BCUT2D eigenvalue weighted by molar-refractivity contribution is -0.121. The number of allylic oxidation sites excluding steroid dienone is 2. The predicted molar refractivity (Wildman–Crippen MR) is 125 cm³/mol. The van der Waals surface area contributed by atoms with Crippen LogP contribution in [0.3, 0.4) is 0 Å². The van der Waals surface area contributed by atoms with Crippen LogP contribution in [0.2, 0.25) is 0 Å². The second kappa shape index (κ2) is 8.45. The Hall–Kier alpha value is -3.08. The Balaban J connectivity index is 1.88. The van der Waals surface area contributed by atoms with Gasteiger partial charge >= 0.3 is 0 Å². The highest BCUT2D eigenvalue weighted by Gasteiger charge is 2.45. The Bertz CT molecular complexity index is 1080. The molecule has 0 spiro atoms. The number of carbonyl (C=O) groups excluding carboxylic acids is 2. The Labute approximate surface area is 190 Å². The van der Waals surface area contributed by atoms with E-state index in [1.165, 1.54) is 5.56 Å². The number of carbonyl (C=O) groups is 2. The molecule has 0 saturated heterocycles. The predicted octanol–water partition coefficient (Wildman–Crippen LogP) is 5.43. The second-order valence-corrected chi connectivity index (χ2v) is 9.42. The molecule has 4 rings (SSSR count). The summed E-state index contributed by atoms with van der Waals surface area (Å²) in [5, 5.41) is 0. The van der Waals surface area contributed by atoms with E-state index in [0.29, 0.717) is 24.3 Å². The number of benzene rings is 2. The van der Waals surface area contributed by atoms with Gasteiger partial charge in [0.25, 0.3) is 0 Å². The quantitative estimate of drug-likeness (QED) is 0.631. The van der Waals surface area contributed by atoms with Crippen LogP contribution in [0, 0.1) is 5.41 Å². The molecule has 1 aliphatic heterocycles. The molecule has 0 N–H and O–H groups in total. The number of hydrogen-bond donors (Lipinski definition) is 0. The molecule has 2 aromatic carbocycles. The highest BCUT2D eigenvalue weighted by Crippen LogP contribution is 2.49. The summed E-state index contributed by atoms with van der Waals surface area (Å²) in [5.41, 5.74) is 4.26. The topological polar surface area (TPSA) is 55.8 Å². The zero-order valence-corrected chi connectivity index (χ0v) is 19.5. The van der Waals surface area contributed by atoms with Crippen LogP contribution < -0.4 is 14.4 Å². The molecule has 0 saturated carbocycles. The summed E-state index contributed by atoms with van der Waals surface area (Å²) >= 11 is 0. The molecule has 1 aliphatic carbocycles. The van der Waals surface area contributed by atoms with Crippen molar-refractivity contribution in [2.24, 2.45) is 5.41 Å². The monoisotopic (exact) mass is 433 g/mol. The fraction of sp³-hybridized carbons (Fsp3) is 0.407. The fourth-order valence-electron chi connectivity index (χ4n) is 4.97. The van der Waals surface area contributed by atoms with Crippen molar-refractivity contribution in [3.05, 3.63) is 64.9 Å². The number of nitrogens with zero attached hydrogens (tertiary/aromatic N) is 1. The number of ether oxygens (including phenoxy) is 2. The van der Waals surface area contributed by atoms with Crippen LogP contribution in [0.5, 0.6) is 11.5 Å². The van der Waals surface area contributed by atoms with E-state index in [4.69, 9.17) is 9.47 Å². The molecular formula is C27H31NO4. The summed E-state index contributed by atoms with van der Waals surface area (Å²) in [6, 6.07) is 13.7. The summed E-state index contributed by atoms with van der Waals surface area (Å²) in [5.74, 6) is 1.10. The third kappa shape index (κ3) is 3.92. The van der Waals surface area contributed by atoms with Crippen LogP contribution in [-0.2, 0) is 16.0 Å². The molecule has 0 bridgehead atoms. The molecule has 2 aliphatic rings. The van der Waals surface area contributed by atoms with Gasteiger partial charge in [0.15, 0.2) is 5.78 Å². The van der Waals surface area contributed by atoms with Gasteiger partial charge in [0, 0.05) is 47.3 Å². The molecule has 2 aromatic rings. The maximum Gasteiger partial charge on any atom is 0.232 e. The first-order valence-corrected chi connectivity index (χ1v) is 11.2. The molecule has 1 atom stereocenters. The smallest absolute Gasteiger partial charge is 0.232 e. The SMILES string of the molecule is CCc1ccc(N2C(=O)C[C@H](c3ccc(OC)cc3OC)C3=C2CC(C)(C)CC3=O)cc1. The molecule has 5 nitrogen and oxygen atoms in total. The number of amides is 1. The highest BCUT2D eigenvalue weighted by molar-refractivity contribution is 6.08. The van der Waals surface area contributed by atoms with E-state index in [1.807, 2.05) is 30.3 Å². The summed E-state index contributed by atoms with van der Waals surface area (Å²) in [6.07, 6.45) is 2.30. The summed E-state index contributed by atoms with van der Waals surface area (Å²) in [6.45, 7) is 6.29. The van der Waals surface area contributed by atoms with Gasteiger partial charge in [-0.2, -0.15) is 0 Å². The Morgan fingerprint density at radius 3 is 2.34 bits per heavy atom. The molecule has 32 heavy (non-hydrogen) atoms. The van der Waals surface area contributed by atoms with Crippen molar-refractivity contribution >= 4 is 17.4 Å². The van der Waals surface area contributed by atoms with E-state index >= 15 is 0 Å². The van der Waals surface area contributed by atoms with Crippen molar-refractivity contribution in [2.45, 2.75) is 52.4 Å². The standard InChI is InChI=1S/C27H31NO4/c1-6-17-7-9-18(10-8-17)28-22-15-27(2,3)16-23(29)26(22)21(14-25(28)30)20-12-11-19(31-4)13-24(20)32-5/h7-13,21H,6,14-16H2,1-5H3/t21-/m1/s1. The molecule has 1 amide bonds. The first kappa shape index (κ1) is 22.1. The lowest BCUT2D eigenvalue weighted by atomic mass is 9.69. The van der Waals surface area contributed by atoms with Crippen molar-refractivity contribution in [2.75, 3.05) is 19.1 Å². The number of hydrogen-bond acceptors (Lipinski definition) is 4. The van der Waals surface area contributed by atoms with Crippen LogP contribution in [0.4, 0.5) is 5.69 Å². The fourth-order valence-corrected chi connectivity index (χ4v) is 4.97. The second-order valence-electron chi connectivity index (χ2n) is 9.42. The Morgan fingerprint density at radius 2 is 1.72 bits per heavy atom. The third-order valence-corrected chi connectivity index (χ3v) is 6.56. The van der Waals surface area contributed by atoms with Gasteiger partial charge < -0.3 is 9.47 Å². The van der Waals surface area contributed by atoms with Gasteiger partial charge in [-0.15, -0.1) is 0 Å². The minimum absolute atomic E-state index is 0.00127. The van der Waals surface area contributed by atoms with Crippen LogP contribution in [0.15, 0.2) is 53.7 Å². The van der Waals surface area contributed by atoms with Gasteiger partial charge in [0.2, 0.25) is 5.91 Å². The molecule has 0 fully saturated rings. The van der Waals surface area contributed by atoms with Gasteiger partial charge in [-0.05, 0) is 42.0 Å². The molecule has 5 heteroatoms. The van der Waals surface area contributed by atoms with E-state index in [-0.39, 0.29) is 29.4 Å². The maximum atomic E-state index is 13.5. The van der Waals surface area contributed by atoms with Crippen molar-refractivity contribution in [3.8, 4) is 11.5 Å². The number of rotatable bonds is 5. The molecular weight excluding hydrogens is 402 g/mol. The van der Waals surface area contributed by atoms with Gasteiger partial charge in [0.05, 0.1) is 14.2 Å². The third-order valence-electron chi connectivity index (χ3n) is 6.56. The molecule has 168 valence electrons. The average Bonchev–Trinajstić information content (AvgIpc) is 2.77. The zero-order chi connectivity index (χ0) is 23.0. The number of aryl methyl sites for hydroxylation is 1. The van der Waals surface area contributed by atoms with Crippen LogP contribution in [0.1, 0.15) is 57.1 Å². The van der Waals surface area contributed by atoms with Crippen molar-refractivity contribution in [1.82, 2.24) is 0 Å². The van der Waals surface area contributed by atoms with Gasteiger partial charge in [-0.3, -0.25) is 14.5 Å². The lowest BCUT2D eigenvalue weighted by Crippen LogP contribution is -2.43. The minimum atomic E-state index is -0.326. The largest absolute Gasteiger partial charge is 0.497 e. The number of Topliss-reactive ketones (excluding diaryl/α,β-unsaturated/α-hetero) is 1. The number of methoxy groups -OCH3 is 2. The van der Waals surface area contributed by atoms with Crippen molar-refractivity contribution in [1.29, 1.82) is 0 Å². The highest BCUT2D eigenvalue weighted by atomic mass is 16.5. The Kier molecular flexibility index (Phi) is 5.85. The Morgan fingerprint density at radius 1 is 1.00 bits per heavy atom. The van der Waals surface area contributed by atoms with Crippen molar-refractivity contribution in [3.63, 3.8) is 0 Å². The van der Waals surface area contributed by atoms with Crippen LogP contribution in [-0.4, -0.2) is 25.9 Å². The first-order chi connectivity index (χ1) is 15.3. The van der Waals surface area contributed by atoms with E-state index in [9.17, 15) is 9.59 Å². The molecule has 0 radical (unpaired) electrons. The van der Waals surface area contributed by atoms with Gasteiger partial charge in [-0.1, -0.05) is 39.0 Å². The maximum absolute atomic E-state index is 13.5. The summed E-state index contributed by atoms with van der Waals surface area (Å²) in [7, 11) is 3.21. The normalized spacial score (nSPS) is 20.3. The first-order valence-electron chi connectivity index (χ1n) is 11.2. The van der Waals surface area contributed by atoms with E-state index in [1.54, 1.807) is 19.1 Å². The molecule has 0 aromatic heterocycles. The van der Waals surface area contributed by atoms with Gasteiger partial charge in [0.1, 0.15) is 11.5 Å². The summed E-state index contributed by atoms with van der Waals surface area (Å²) in [4.78, 5) is 28.8. The van der Waals surface area contributed by atoms with Crippen LogP contribution >= 0.6 is 0 Å². The molecule has 1 heterocycles. The van der Waals surface area contributed by atoms with Crippen LogP contribution in [0.25, 0.3) is 0 Å². The lowest BCUT2D eigenvalue weighted by Gasteiger charge is -2.43.